The molecule has 1 N–H and O–H groups in total. The third-order valence-electron chi connectivity index (χ3n) is 2.82. The van der Waals surface area contributed by atoms with Crippen molar-refractivity contribution in [2.24, 2.45) is 0 Å². The van der Waals surface area contributed by atoms with Gasteiger partial charge in [0.15, 0.2) is 0 Å². The number of hydrogen-bond donors (Lipinski definition) is 1. The van der Waals surface area contributed by atoms with Crippen LogP contribution in [-0.4, -0.2) is 19.1 Å². The fraction of sp³-hybridized carbons (Fsp3) is 0.308. The molecule has 0 aliphatic carbocycles. The molecule has 2 rings (SSSR count). The molecular formula is C13H15BrN2OS. The number of methoxy groups -OCH3 is 1. The highest BCUT2D eigenvalue weighted by Gasteiger charge is 2.12. The highest BCUT2D eigenvalue weighted by Crippen LogP contribution is 2.29. The van der Waals surface area contributed by atoms with Crippen LogP contribution in [-0.2, 0) is 6.42 Å². The molecule has 18 heavy (non-hydrogen) atoms. The van der Waals surface area contributed by atoms with E-state index in [-0.39, 0.29) is 6.04 Å². The number of rotatable bonds is 5. The number of hydrogen-bond acceptors (Lipinski definition) is 4. The lowest BCUT2D eigenvalue weighted by Gasteiger charge is -2.16. The van der Waals surface area contributed by atoms with Gasteiger partial charge in [-0.25, -0.2) is 0 Å². The summed E-state index contributed by atoms with van der Waals surface area (Å²) < 4.78 is 6.22. The summed E-state index contributed by atoms with van der Waals surface area (Å²) >= 11 is 5.21. The number of benzene rings is 1. The van der Waals surface area contributed by atoms with Crippen molar-refractivity contribution in [1.29, 1.82) is 0 Å². The lowest BCUT2D eigenvalue weighted by Crippen LogP contribution is -2.18. The molecular weight excluding hydrogens is 312 g/mol. The summed E-state index contributed by atoms with van der Waals surface area (Å²) in [6, 6.07) is 6.45. The molecule has 5 heteroatoms. The fourth-order valence-corrected chi connectivity index (χ4v) is 3.03. The van der Waals surface area contributed by atoms with Gasteiger partial charge in [-0.05, 0) is 40.7 Å². The lowest BCUT2D eigenvalue weighted by molar-refractivity contribution is 0.411. The molecule has 0 aliphatic heterocycles. The van der Waals surface area contributed by atoms with Crippen LogP contribution >= 0.6 is 27.3 Å². The minimum atomic E-state index is 0.285. The standard InChI is InChI=1S/C13H15BrN2OS/c1-15-12(6-10-7-16-8-18-10)9-3-4-13(17-2)11(14)5-9/h3-5,7-8,12,15H,6H2,1-2H3. The first-order valence-electron chi connectivity index (χ1n) is 5.62. The maximum Gasteiger partial charge on any atom is 0.133 e. The molecule has 3 nitrogen and oxygen atoms in total. The Kier molecular flexibility index (Phi) is 4.74. The Bertz CT molecular complexity index is 502. The summed E-state index contributed by atoms with van der Waals surface area (Å²) in [6.07, 6.45) is 2.87. The summed E-state index contributed by atoms with van der Waals surface area (Å²) in [5.74, 6) is 0.853. The minimum absolute atomic E-state index is 0.285. The molecule has 1 aromatic heterocycles. The molecule has 1 heterocycles. The molecule has 0 saturated heterocycles. The normalized spacial score (nSPS) is 12.4. The first-order chi connectivity index (χ1) is 8.74. The van der Waals surface area contributed by atoms with Crippen molar-refractivity contribution >= 4 is 27.3 Å². The predicted molar refractivity (Wildman–Crippen MR) is 78.3 cm³/mol. The molecule has 0 aliphatic rings. The number of nitrogens with one attached hydrogen (secondary N) is 1. The Balaban J connectivity index is 2.19. The SMILES string of the molecule is CNC(Cc1cncs1)c1ccc(OC)c(Br)c1. The van der Waals surface area contributed by atoms with Crippen LogP contribution in [0.4, 0.5) is 0 Å². The molecule has 0 radical (unpaired) electrons. The predicted octanol–water partition coefficient (Wildman–Crippen LogP) is 3.42. The van der Waals surface area contributed by atoms with Gasteiger partial charge in [-0.3, -0.25) is 4.98 Å². The van der Waals surface area contributed by atoms with Gasteiger partial charge in [-0.2, -0.15) is 0 Å². The van der Waals surface area contributed by atoms with Gasteiger partial charge in [0.25, 0.3) is 0 Å². The van der Waals surface area contributed by atoms with Gasteiger partial charge in [0.05, 0.1) is 17.1 Å². The van der Waals surface area contributed by atoms with E-state index in [1.165, 1.54) is 10.4 Å². The maximum atomic E-state index is 5.24. The van der Waals surface area contributed by atoms with Crippen LogP contribution in [0.5, 0.6) is 5.75 Å². The van der Waals surface area contributed by atoms with Crippen molar-refractivity contribution in [2.45, 2.75) is 12.5 Å². The van der Waals surface area contributed by atoms with Gasteiger partial charge < -0.3 is 10.1 Å². The van der Waals surface area contributed by atoms with Crippen molar-refractivity contribution in [1.82, 2.24) is 10.3 Å². The van der Waals surface area contributed by atoms with Crippen LogP contribution in [0, 0.1) is 0 Å². The van der Waals surface area contributed by atoms with E-state index in [9.17, 15) is 0 Å². The molecule has 96 valence electrons. The molecule has 2 aromatic rings. The molecule has 1 atom stereocenters. The van der Waals surface area contributed by atoms with Crippen molar-refractivity contribution < 1.29 is 4.74 Å². The van der Waals surface area contributed by atoms with Gasteiger partial charge in [0.1, 0.15) is 5.75 Å². The van der Waals surface area contributed by atoms with E-state index >= 15 is 0 Å². The summed E-state index contributed by atoms with van der Waals surface area (Å²) in [7, 11) is 3.65. The van der Waals surface area contributed by atoms with Crippen LogP contribution < -0.4 is 10.1 Å². The van der Waals surface area contributed by atoms with E-state index in [1.54, 1.807) is 18.4 Å². The van der Waals surface area contributed by atoms with Crippen molar-refractivity contribution in [3.05, 3.63) is 44.8 Å². The fourth-order valence-electron chi connectivity index (χ4n) is 1.83. The zero-order chi connectivity index (χ0) is 13.0. The second-order valence-corrected chi connectivity index (χ2v) is 5.73. The van der Waals surface area contributed by atoms with Gasteiger partial charge in [0.2, 0.25) is 0 Å². The Labute approximate surface area is 119 Å². The van der Waals surface area contributed by atoms with E-state index in [0.29, 0.717) is 0 Å². The maximum absolute atomic E-state index is 5.24. The smallest absolute Gasteiger partial charge is 0.133 e. The number of halogens is 1. The van der Waals surface area contributed by atoms with Gasteiger partial charge in [0, 0.05) is 23.5 Å². The quantitative estimate of drug-likeness (QED) is 0.914. The molecule has 1 unspecified atom stereocenters. The third-order valence-corrected chi connectivity index (χ3v) is 4.24. The van der Waals surface area contributed by atoms with E-state index in [4.69, 9.17) is 4.74 Å². The summed E-state index contributed by atoms with van der Waals surface area (Å²) in [4.78, 5) is 5.39. The zero-order valence-corrected chi connectivity index (χ0v) is 12.7. The second kappa shape index (κ2) is 6.31. The molecule has 0 bridgehead atoms. The third kappa shape index (κ3) is 3.10. The van der Waals surface area contributed by atoms with Gasteiger partial charge >= 0.3 is 0 Å². The van der Waals surface area contributed by atoms with Gasteiger partial charge in [-0.15, -0.1) is 11.3 Å². The first-order valence-corrected chi connectivity index (χ1v) is 7.30. The van der Waals surface area contributed by atoms with Crippen molar-refractivity contribution in [2.75, 3.05) is 14.2 Å². The van der Waals surface area contributed by atoms with Crippen LogP contribution in [0.25, 0.3) is 0 Å². The number of nitrogens with zero attached hydrogens (tertiary/aromatic N) is 1. The summed E-state index contributed by atoms with van der Waals surface area (Å²) in [5, 5.41) is 3.34. The first kappa shape index (κ1) is 13.5. The number of likely N-dealkylation sites (N-methyl/N-ethyl adjacent to an activating group) is 1. The highest BCUT2D eigenvalue weighted by atomic mass is 79.9. The van der Waals surface area contributed by atoms with E-state index in [2.05, 4.69) is 38.4 Å². The van der Waals surface area contributed by atoms with Crippen molar-refractivity contribution in [3.63, 3.8) is 0 Å². The number of thiazole rings is 1. The summed E-state index contributed by atoms with van der Waals surface area (Å²) in [5.41, 5.74) is 3.10. The zero-order valence-electron chi connectivity index (χ0n) is 10.3. The Morgan fingerprint density at radius 3 is 2.89 bits per heavy atom. The van der Waals surface area contributed by atoms with Crippen molar-refractivity contribution in [3.8, 4) is 5.75 Å². The van der Waals surface area contributed by atoms with Gasteiger partial charge in [-0.1, -0.05) is 6.07 Å². The lowest BCUT2D eigenvalue weighted by atomic mass is 10.0. The molecule has 0 amide bonds. The highest BCUT2D eigenvalue weighted by molar-refractivity contribution is 9.10. The largest absolute Gasteiger partial charge is 0.496 e. The number of aromatic nitrogens is 1. The Morgan fingerprint density at radius 2 is 2.33 bits per heavy atom. The Hall–Kier alpha value is -0.910. The summed E-state index contributed by atoms with van der Waals surface area (Å²) in [6.45, 7) is 0. The van der Waals surface area contributed by atoms with E-state index < -0.39 is 0 Å². The van der Waals surface area contributed by atoms with E-state index in [1.807, 2.05) is 24.8 Å². The number of ether oxygens (including phenoxy) is 1. The average Bonchev–Trinajstić information content (AvgIpc) is 2.88. The molecule has 1 aromatic carbocycles. The monoisotopic (exact) mass is 326 g/mol. The Morgan fingerprint density at radius 1 is 1.50 bits per heavy atom. The van der Waals surface area contributed by atoms with Crippen LogP contribution in [0.15, 0.2) is 34.4 Å². The molecule has 0 spiro atoms. The molecule has 0 fully saturated rings. The average molecular weight is 327 g/mol. The minimum Gasteiger partial charge on any atom is -0.496 e. The van der Waals surface area contributed by atoms with Crippen LogP contribution in [0.2, 0.25) is 0 Å². The molecule has 0 saturated carbocycles. The van der Waals surface area contributed by atoms with Crippen LogP contribution in [0.3, 0.4) is 0 Å². The second-order valence-electron chi connectivity index (χ2n) is 3.91. The topological polar surface area (TPSA) is 34.2 Å². The van der Waals surface area contributed by atoms with E-state index in [0.717, 1.165) is 16.6 Å². The van der Waals surface area contributed by atoms with Crippen LogP contribution in [0.1, 0.15) is 16.5 Å².